The van der Waals surface area contributed by atoms with Gasteiger partial charge >= 0.3 is 51.5 Å². The molecule has 0 nitrogen and oxygen atoms in total. The summed E-state index contributed by atoms with van der Waals surface area (Å²) in [5.74, 6) is 0. The minimum atomic E-state index is 0. The van der Waals surface area contributed by atoms with Gasteiger partial charge in [0.15, 0.2) is 0 Å². The van der Waals surface area contributed by atoms with Crippen LogP contribution in [0.15, 0.2) is 0 Å². The third-order valence-electron chi connectivity index (χ3n) is 0.846. The van der Waals surface area contributed by atoms with Gasteiger partial charge in [0.2, 0.25) is 0 Å². The average Bonchev–Trinajstić information content (AvgIpc) is 1.61. The second kappa shape index (κ2) is 10.4. The standard InChI is InChI=1S/C4H9.CH3.In.Li/c1-3-4-2;;;/h1,3-4H2,2H3;1H3;;. The molecule has 0 fully saturated rings. The maximum atomic E-state index is 2.42. The van der Waals surface area contributed by atoms with Crippen molar-refractivity contribution in [1.82, 2.24) is 0 Å². The molecule has 0 saturated carbocycles. The fraction of sp³-hybridized carbons (Fsp3) is 1.00. The zero-order valence-corrected chi connectivity index (χ0v) is 8.99. The molecular formula is C5H12InLi. The van der Waals surface area contributed by atoms with E-state index in [1.54, 1.807) is 4.18 Å². The van der Waals surface area contributed by atoms with Crippen molar-refractivity contribution in [2.24, 2.45) is 0 Å². The first-order valence-electron chi connectivity index (χ1n) is 2.69. The molecule has 0 aliphatic rings. The van der Waals surface area contributed by atoms with Crippen LogP contribution in [0.25, 0.3) is 0 Å². The quantitative estimate of drug-likeness (QED) is 0.472. The smallest absolute Gasteiger partial charge is 0 e. The molecule has 0 spiro atoms. The van der Waals surface area contributed by atoms with Gasteiger partial charge in [-0.2, -0.15) is 0 Å². The summed E-state index contributed by atoms with van der Waals surface area (Å²) in [5.41, 5.74) is 0. The minimum Gasteiger partial charge on any atom is 0 e. The fourth-order valence-corrected chi connectivity index (χ4v) is 2.74. The van der Waals surface area contributed by atoms with Crippen LogP contribution in [-0.4, -0.2) is 41.8 Å². The molecule has 0 aromatic rings. The van der Waals surface area contributed by atoms with Gasteiger partial charge in [0, 0.05) is 18.9 Å². The topological polar surface area (TPSA) is 0 Å². The molecule has 0 aromatic heterocycles. The molecular weight excluding hydrogens is 182 g/mol. The Morgan fingerprint density at radius 1 is 1.43 bits per heavy atom. The average molecular weight is 194 g/mol. The maximum absolute atomic E-state index is 2.42. The second-order valence-corrected chi connectivity index (χ2v) is 5.53. The summed E-state index contributed by atoms with van der Waals surface area (Å²) >= 11 is 0.0527. The van der Waals surface area contributed by atoms with Gasteiger partial charge in [0.25, 0.3) is 0 Å². The molecule has 2 heteroatoms. The molecule has 0 bridgehead atoms. The van der Waals surface area contributed by atoms with Crippen LogP contribution in [0.3, 0.4) is 0 Å². The zero-order valence-electron chi connectivity index (χ0n) is 5.70. The summed E-state index contributed by atoms with van der Waals surface area (Å²) in [6.07, 6.45) is 2.90. The van der Waals surface area contributed by atoms with Crippen LogP contribution in [0.4, 0.5) is 0 Å². The predicted octanol–water partition coefficient (Wildman–Crippen LogP) is 1.58. The number of hydrogen-bond acceptors (Lipinski definition) is 0. The van der Waals surface area contributed by atoms with Crippen molar-refractivity contribution in [2.75, 3.05) is 0 Å². The fourth-order valence-electron chi connectivity index (χ4n) is 0.408. The van der Waals surface area contributed by atoms with Gasteiger partial charge in [-0.3, -0.25) is 0 Å². The third kappa shape index (κ3) is 11.2. The van der Waals surface area contributed by atoms with Crippen LogP contribution in [0.2, 0.25) is 8.86 Å². The van der Waals surface area contributed by atoms with Gasteiger partial charge in [0.1, 0.15) is 0 Å². The van der Waals surface area contributed by atoms with Crippen LogP contribution >= 0.6 is 0 Å². The van der Waals surface area contributed by atoms with Crippen LogP contribution in [0.1, 0.15) is 19.8 Å². The third-order valence-corrected chi connectivity index (χ3v) is 3.66. The molecule has 36 valence electrons. The van der Waals surface area contributed by atoms with Crippen LogP contribution in [-0.2, 0) is 0 Å². The van der Waals surface area contributed by atoms with Gasteiger partial charge in [-0.25, -0.2) is 0 Å². The summed E-state index contributed by atoms with van der Waals surface area (Å²) in [6.45, 7) is 2.26. The van der Waals surface area contributed by atoms with E-state index in [2.05, 4.69) is 11.6 Å². The van der Waals surface area contributed by atoms with Gasteiger partial charge in [-0.15, -0.1) is 0 Å². The second-order valence-electron chi connectivity index (χ2n) is 1.55. The summed E-state index contributed by atoms with van der Waals surface area (Å²) < 4.78 is 4.02. The Balaban J connectivity index is 0. The van der Waals surface area contributed by atoms with Gasteiger partial charge < -0.3 is 0 Å². The van der Waals surface area contributed by atoms with E-state index >= 15 is 0 Å². The van der Waals surface area contributed by atoms with Crippen molar-refractivity contribution in [3.8, 4) is 0 Å². The maximum Gasteiger partial charge on any atom is 0 e. The van der Waals surface area contributed by atoms with Crippen LogP contribution in [0.5, 0.6) is 0 Å². The Hall–Kier alpha value is 1.47. The summed E-state index contributed by atoms with van der Waals surface area (Å²) in [6, 6.07) is 0. The monoisotopic (exact) mass is 194 g/mol. The molecule has 2 radical (unpaired) electrons. The normalized spacial score (nSPS) is 7.14. The molecule has 0 heterocycles. The van der Waals surface area contributed by atoms with E-state index < -0.39 is 0 Å². The Kier molecular flexibility index (Phi) is 16.9. The van der Waals surface area contributed by atoms with Gasteiger partial charge in [0.05, 0.1) is 0 Å². The van der Waals surface area contributed by atoms with Crippen LogP contribution in [0, 0.1) is 0 Å². The predicted molar refractivity (Wildman–Crippen MR) is 37.1 cm³/mol. The molecule has 0 aliphatic heterocycles. The molecule has 7 heavy (non-hydrogen) atoms. The van der Waals surface area contributed by atoms with E-state index in [4.69, 9.17) is 0 Å². The summed E-state index contributed by atoms with van der Waals surface area (Å²) in [4.78, 5) is 0. The number of unbranched alkanes of at least 4 members (excludes halogenated alkanes) is 1. The Morgan fingerprint density at radius 3 is 2.14 bits per heavy atom. The van der Waals surface area contributed by atoms with E-state index in [-0.39, 0.29) is 41.8 Å². The molecule has 0 aromatic carbocycles. The molecule has 0 rings (SSSR count). The molecule has 0 N–H and O–H groups in total. The van der Waals surface area contributed by atoms with E-state index in [0.717, 1.165) is 0 Å². The van der Waals surface area contributed by atoms with Crippen LogP contribution < -0.4 is 0 Å². The Labute approximate surface area is 70.0 Å². The van der Waals surface area contributed by atoms with E-state index in [0.29, 0.717) is 0 Å². The van der Waals surface area contributed by atoms with Crippen molar-refractivity contribution in [2.45, 2.75) is 28.6 Å². The van der Waals surface area contributed by atoms with Gasteiger partial charge in [-0.05, 0) is 0 Å². The van der Waals surface area contributed by atoms with Crippen molar-refractivity contribution in [1.29, 1.82) is 0 Å². The first kappa shape index (κ1) is 11.3. The van der Waals surface area contributed by atoms with Crippen molar-refractivity contribution < 1.29 is 0 Å². The Morgan fingerprint density at radius 2 is 2.00 bits per heavy atom. The van der Waals surface area contributed by atoms with E-state index in [1.165, 1.54) is 12.8 Å². The van der Waals surface area contributed by atoms with Gasteiger partial charge in [-0.1, -0.05) is 0 Å². The molecule has 0 atom stereocenters. The molecule has 0 saturated heterocycles. The zero-order chi connectivity index (χ0) is 4.83. The molecule has 0 aliphatic carbocycles. The number of hydrogen-bond donors (Lipinski definition) is 0. The first-order chi connectivity index (χ1) is 2.91. The first-order valence-corrected chi connectivity index (χ1v) is 8.32. The van der Waals surface area contributed by atoms with E-state index in [1.807, 2.05) is 0 Å². The number of rotatable bonds is 3. The van der Waals surface area contributed by atoms with Crippen molar-refractivity contribution in [3.63, 3.8) is 0 Å². The van der Waals surface area contributed by atoms with Crippen molar-refractivity contribution >= 4 is 41.8 Å². The molecule has 0 amide bonds. The minimum absolute atomic E-state index is 0. The summed E-state index contributed by atoms with van der Waals surface area (Å²) in [5, 5.41) is 0. The Bertz CT molecular complexity index is 20.0. The SMILES string of the molecule is CCC[CH2][In][CH3].[Li]. The largest absolute Gasteiger partial charge is 0 e. The van der Waals surface area contributed by atoms with E-state index in [9.17, 15) is 0 Å². The summed E-state index contributed by atoms with van der Waals surface area (Å²) in [7, 11) is 0. The molecule has 0 unspecified atom stereocenters. The van der Waals surface area contributed by atoms with Crippen molar-refractivity contribution in [3.05, 3.63) is 0 Å².